The van der Waals surface area contributed by atoms with Gasteiger partial charge >= 0.3 is 5.97 Å². The second-order valence-electron chi connectivity index (χ2n) is 9.30. The van der Waals surface area contributed by atoms with Crippen molar-refractivity contribution in [2.45, 2.75) is 39.5 Å². The lowest BCUT2D eigenvalue weighted by atomic mass is 9.68. The molecule has 5 rings (SSSR count). The number of carbonyl (C=O) groups excluding carboxylic acids is 2. The van der Waals surface area contributed by atoms with Crippen LogP contribution in [-0.2, 0) is 9.59 Å². The fourth-order valence-electron chi connectivity index (χ4n) is 5.03. The SMILES string of the molecule is CC(=O)Oc1ccc([C@@H]2C3=C(CC(C)(C)CC3=O)Nc3ccc4ccccc4c32)cc1. The van der Waals surface area contributed by atoms with E-state index in [0.29, 0.717) is 12.2 Å². The van der Waals surface area contributed by atoms with Crippen LogP contribution in [0.15, 0.2) is 71.9 Å². The standard InChI is InChI=1S/C27H25NO3/c1-16(29)31-19-11-8-18(9-12-19)24-25-20-7-5-4-6-17(20)10-13-21(25)28-22-14-27(2,3)15-23(30)26(22)24/h4-13,24,28H,14-15H2,1-3H3/t24-/m0/s1. The molecule has 3 aromatic rings. The number of anilines is 1. The molecule has 31 heavy (non-hydrogen) atoms. The van der Waals surface area contributed by atoms with E-state index in [2.05, 4.69) is 43.4 Å². The van der Waals surface area contributed by atoms with Crippen molar-refractivity contribution in [3.05, 3.63) is 83.1 Å². The van der Waals surface area contributed by atoms with E-state index in [1.807, 2.05) is 24.3 Å². The first-order valence-corrected chi connectivity index (χ1v) is 10.7. The van der Waals surface area contributed by atoms with E-state index >= 15 is 0 Å². The Balaban J connectivity index is 1.73. The fraction of sp³-hybridized carbons (Fsp3) is 0.259. The number of benzene rings is 3. The van der Waals surface area contributed by atoms with Crippen LogP contribution in [-0.4, -0.2) is 11.8 Å². The average Bonchev–Trinajstić information content (AvgIpc) is 2.71. The zero-order valence-corrected chi connectivity index (χ0v) is 18.0. The van der Waals surface area contributed by atoms with E-state index in [4.69, 9.17) is 4.74 Å². The zero-order chi connectivity index (χ0) is 21.8. The highest BCUT2D eigenvalue weighted by Gasteiger charge is 2.41. The Labute approximate surface area is 181 Å². The average molecular weight is 412 g/mol. The first-order valence-electron chi connectivity index (χ1n) is 10.7. The number of carbonyl (C=O) groups is 2. The summed E-state index contributed by atoms with van der Waals surface area (Å²) in [5, 5.41) is 5.90. The molecule has 156 valence electrons. The molecule has 4 nitrogen and oxygen atoms in total. The first kappa shape index (κ1) is 19.6. The highest BCUT2D eigenvalue weighted by molar-refractivity contribution is 6.04. The fourth-order valence-corrected chi connectivity index (χ4v) is 5.03. The predicted octanol–water partition coefficient (Wildman–Crippen LogP) is 5.97. The van der Waals surface area contributed by atoms with Gasteiger partial charge in [0.1, 0.15) is 5.75 Å². The van der Waals surface area contributed by atoms with Gasteiger partial charge in [0.05, 0.1) is 0 Å². The summed E-state index contributed by atoms with van der Waals surface area (Å²) >= 11 is 0. The van der Waals surface area contributed by atoms with Gasteiger partial charge in [0, 0.05) is 36.2 Å². The third-order valence-electron chi connectivity index (χ3n) is 6.23. The van der Waals surface area contributed by atoms with Gasteiger partial charge in [0.25, 0.3) is 0 Å². The Bertz CT molecular complexity index is 1250. The molecule has 3 aromatic carbocycles. The smallest absolute Gasteiger partial charge is 0.308 e. The topological polar surface area (TPSA) is 55.4 Å². The summed E-state index contributed by atoms with van der Waals surface area (Å²) in [6.45, 7) is 5.69. The third kappa shape index (κ3) is 3.42. The van der Waals surface area contributed by atoms with Crippen LogP contribution in [0.25, 0.3) is 10.8 Å². The van der Waals surface area contributed by atoms with Crippen LogP contribution >= 0.6 is 0 Å². The van der Waals surface area contributed by atoms with Gasteiger partial charge in [0.2, 0.25) is 0 Å². The van der Waals surface area contributed by atoms with Crippen molar-refractivity contribution in [1.82, 2.24) is 0 Å². The first-order chi connectivity index (χ1) is 14.8. The summed E-state index contributed by atoms with van der Waals surface area (Å²) in [5.41, 5.74) is 5.03. The van der Waals surface area contributed by atoms with Crippen LogP contribution in [0.4, 0.5) is 5.69 Å². The van der Waals surface area contributed by atoms with Gasteiger partial charge in [-0.2, -0.15) is 0 Å². The summed E-state index contributed by atoms with van der Waals surface area (Å²) in [5.74, 6) is 0.202. The van der Waals surface area contributed by atoms with Gasteiger partial charge < -0.3 is 10.1 Å². The maximum absolute atomic E-state index is 13.4. The molecule has 0 radical (unpaired) electrons. The molecule has 0 amide bonds. The second kappa shape index (κ2) is 7.09. The van der Waals surface area contributed by atoms with Gasteiger partial charge in [-0.3, -0.25) is 9.59 Å². The number of fused-ring (bicyclic) bond motifs is 3. The number of allylic oxidation sites excluding steroid dienone is 2. The van der Waals surface area contributed by atoms with Crippen LogP contribution in [0.1, 0.15) is 50.7 Å². The molecule has 0 fully saturated rings. The molecular formula is C27H25NO3. The molecule has 1 atom stereocenters. The summed E-state index contributed by atoms with van der Waals surface area (Å²) in [6.07, 6.45) is 1.37. The number of ketones is 1. The lowest BCUT2D eigenvalue weighted by molar-refractivity contribution is -0.131. The molecule has 0 aromatic heterocycles. The second-order valence-corrected chi connectivity index (χ2v) is 9.30. The van der Waals surface area contributed by atoms with Crippen molar-refractivity contribution in [3.8, 4) is 5.75 Å². The van der Waals surface area contributed by atoms with Crippen molar-refractivity contribution in [2.75, 3.05) is 5.32 Å². The Hall–Kier alpha value is -3.40. The molecule has 0 saturated carbocycles. The normalized spacial score (nSPS) is 19.5. The number of nitrogens with one attached hydrogen (secondary N) is 1. The van der Waals surface area contributed by atoms with Crippen LogP contribution < -0.4 is 10.1 Å². The van der Waals surface area contributed by atoms with Crippen molar-refractivity contribution < 1.29 is 14.3 Å². The van der Waals surface area contributed by atoms with E-state index in [-0.39, 0.29) is 23.1 Å². The molecule has 4 heteroatoms. The number of hydrogen-bond donors (Lipinski definition) is 1. The molecular weight excluding hydrogens is 386 g/mol. The lowest BCUT2D eigenvalue weighted by Crippen LogP contribution is -2.33. The van der Waals surface area contributed by atoms with Crippen LogP contribution in [0.3, 0.4) is 0 Å². The highest BCUT2D eigenvalue weighted by Crippen LogP contribution is 2.50. The third-order valence-corrected chi connectivity index (χ3v) is 6.23. The molecule has 1 heterocycles. The largest absolute Gasteiger partial charge is 0.427 e. The van der Waals surface area contributed by atoms with Crippen molar-refractivity contribution in [2.24, 2.45) is 5.41 Å². The minimum atomic E-state index is -0.347. The minimum absolute atomic E-state index is 0.0684. The van der Waals surface area contributed by atoms with E-state index in [0.717, 1.165) is 45.3 Å². The van der Waals surface area contributed by atoms with E-state index in [9.17, 15) is 9.59 Å². The maximum atomic E-state index is 13.4. The molecule has 1 aliphatic heterocycles. The van der Waals surface area contributed by atoms with Crippen molar-refractivity contribution >= 4 is 28.2 Å². The van der Waals surface area contributed by atoms with E-state index in [1.54, 1.807) is 12.1 Å². The van der Waals surface area contributed by atoms with Crippen LogP contribution in [0, 0.1) is 5.41 Å². The number of hydrogen-bond acceptors (Lipinski definition) is 4. The molecule has 1 N–H and O–H groups in total. The summed E-state index contributed by atoms with van der Waals surface area (Å²) in [6, 6.07) is 20.1. The zero-order valence-electron chi connectivity index (χ0n) is 18.0. The molecule has 0 spiro atoms. The molecule has 0 saturated heterocycles. The number of ether oxygens (including phenoxy) is 1. The Morgan fingerprint density at radius 3 is 2.48 bits per heavy atom. The highest BCUT2D eigenvalue weighted by atomic mass is 16.5. The van der Waals surface area contributed by atoms with Gasteiger partial charge in [-0.25, -0.2) is 0 Å². The Kier molecular flexibility index (Phi) is 4.47. The summed E-state index contributed by atoms with van der Waals surface area (Å²) in [7, 11) is 0. The Morgan fingerprint density at radius 1 is 1.00 bits per heavy atom. The van der Waals surface area contributed by atoms with Gasteiger partial charge in [-0.1, -0.05) is 56.3 Å². The van der Waals surface area contributed by atoms with Crippen molar-refractivity contribution in [3.63, 3.8) is 0 Å². The lowest BCUT2D eigenvalue weighted by Gasteiger charge is -2.40. The summed E-state index contributed by atoms with van der Waals surface area (Å²) in [4.78, 5) is 24.7. The predicted molar refractivity (Wildman–Crippen MR) is 122 cm³/mol. The van der Waals surface area contributed by atoms with Gasteiger partial charge in [0.15, 0.2) is 5.78 Å². The van der Waals surface area contributed by atoms with E-state index < -0.39 is 0 Å². The number of esters is 1. The van der Waals surface area contributed by atoms with Gasteiger partial charge in [-0.15, -0.1) is 0 Å². The summed E-state index contributed by atoms with van der Waals surface area (Å²) < 4.78 is 5.22. The van der Waals surface area contributed by atoms with E-state index in [1.165, 1.54) is 6.92 Å². The minimum Gasteiger partial charge on any atom is -0.427 e. The van der Waals surface area contributed by atoms with Crippen LogP contribution in [0.2, 0.25) is 0 Å². The maximum Gasteiger partial charge on any atom is 0.308 e. The molecule has 2 aliphatic rings. The number of rotatable bonds is 2. The van der Waals surface area contributed by atoms with Gasteiger partial charge in [-0.05, 0) is 51.9 Å². The van der Waals surface area contributed by atoms with Crippen molar-refractivity contribution in [1.29, 1.82) is 0 Å². The molecule has 1 aliphatic carbocycles. The molecule has 0 unspecified atom stereocenters. The Morgan fingerprint density at radius 2 is 1.74 bits per heavy atom. The number of Topliss-reactive ketones (excluding diaryl/α,β-unsaturated/α-hetero) is 1. The van der Waals surface area contributed by atoms with Crippen LogP contribution in [0.5, 0.6) is 5.75 Å². The molecule has 0 bridgehead atoms. The quantitative estimate of drug-likeness (QED) is 0.417. The monoisotopic (exact) mass is 411 g/mol.